The summed E-state index contributed by atoms with van der Waals surface area (Å²) in [5.74, 6) is -0.0838. The van der Waals surface area contributed by atoms with Crippen molar-refractivity contribution in [2.75, 3.05) is 7.05 Å². The van der Waals surface area contributed by atoms with Crippen LogP contribution >= 0.6 is 0 Å². The van der Waals surface area contributed by atoms with Gasteiger partial charge in [0, 0.05) is 25.6 Å². The van der Waals surface area contributed by atoms with Crippen molar-refractivity contribution in [1.29, 1.82) is 0 Å². The zero-order valence-electron chi connectivity index (χ0n) is 11.5. The third kappa shape index (κ3) is 5.48. The predicted molar refractivity (Wildman–Crippen MR) is 73.3 cm³/mol. The molecule has 2 N–H and O–H groups in total. The highest BCUT2D eigenvalue weighted by molar-refractivity contribution is 5.93. The molecule has 1 aromatic rings. The number of rotatable bonds is 4. The number of nitrogens with one attached hydrogen (secondary N) is 2. The summed E-state index contributed by atoms with van der Waals surface area (Å²) < 4.78 is 0. The lowest BCUT2D eigenvalue weighted by Gasteiger charge is -2.04. The van der Waals surface area contributed by atoms with Crippen LogP contribution in [0.5, 0.6) is 0 Å². The first-order chi connectivity index (χ1) is 8.67. The van der Waals surface area contributed by atoms with Gasteiger partial charge in [0.15, 0.2) is 0 Å². The molecule has 4 nitrogen and oxygen atoms in total. The van der Waals surface area contributed by atoms with Gasteiger partial charge in [-0.3, -0.25) is 9.59 Å². The molecule has 1 aromatic carbocycles. The normalized spacial score (nSPS) is 8.89. The van der Waals surface area contributed by atoms with E-state index in [1.54, 1.807) is 19.2 Å². The lowest BCUT2D eigenvalue weighted by Crippen LogP contribution is -2.21. The second-order valence-corrected chi connectivity index (χ2v) is 3.41. The van der Waals surface area contributed by atoms with Crippen molar-refractivity contribution in [3.8, 4) is 0 Å². The highest BCUT2D eigenvalue weighted by atomic mass is 16.2. The first-order valence-electron chi connectivity index (χ1n) is 6.25. The molecule has 1 rings (SSSR count). The zero-order chi connectivity index (χ0) is 14.0. The molecule has 0 aliphatic carbocycles. The maximum Gasteiger partial charge on any atom is 0.251 e. The van der Waals surface area contributed by atoms with Crippen molar-refractivity contribution < 1.29 is 9.59 Å². The Kier molecular flexibility index (Phi) is 8.27. The Morgan fingerprint density at radius 2 is 1.67 bits per heavy atom. The van der Waals surface area contributed by atoms with Crippen LogP contribution in [0, 0.1) is 0 Å². The van der Waals surface area contributed by atoms with E-state index in [2.05, 4.69) is 10.6 Å². The standard InChI is InChI=1S/C12H16N2O2.C2H6/c1-3-11(15)14-8-9-4-6-10(7-5-9)12(16)13-2;1-2/h4-7H,3,8H2,1-2H3,(H,13,16)(H,14,15);1-2H3. The van der Waals surface area contributed by atoms with E-state index in [9.17, 15) is 9.59 Å². The van der Waals surface area contributed by atoms with Crippen LogP contribution in [0.3, 0.4) is 0 Å². The van der Waals surface area contributed by atoms with E-state index in [0.29, 0.717) is 18.5 Å². The number of hydrogen-bond acceptors (Lipinski definition) is 2. The van der Waals surface area contributed by atoms with Gasteiger partial charge in [-0.1, -0.05) is 32.9 Å². The molecule has 0 spiro atoms. The molecule has 2 amide bonds. The molecular formula is C14H22N2O2. The second kappa shape index (κ2) is 9.22. The van der Waals surface area contributed by atoms with Gasteiger partial charge in [-0.2, -0.15) is 0 Å². The van der Waals surface area contributed by atoms with Crippen LogP contribution in [0.25, 0.3) is 0 Å². The predicted octanol–water partition coefficient (Wildman–Crippen LogP) is 2.10. The third-order valence-electron chi connectivity index (χ3n) is 2.25. The first-order valence-corrected chi connectivity index (χ1v) is 6.25. The number of hydrogen-bond donors (Lipinski definition) is 2. The van der Waals surface area contributed by atoms with Gasteiger partial charge in [-0.15, -0.1) is 0 Å². The summed E-state index contributed by atoms with van der Waals surface area (Å²) in [6, 6.07) is 7.15. The Hall–Kier alpha value is -1.84. The molecule has 0 aromatic heterocycles. The SMILES string of the molecule is CC.CCC(=O)NCc1ccc(C(=O)NC)cc1. The fourth-order valence-corrected chi connectivity index (χ4v) is 1.24. The minimum absolute atomic E-state index is 0.0235. The average molecular weight is 250 g/mol. The Morgan fingerprint density at radius 1 is 1.11 bits per heavy atom. The molecular weight excluding hydrogens is 228 g/mol. The van der Waals surface area contributed by atoms with Gasteiger partial charge in [0.1, 0.15) is 0 Å². The van der Waals surface area contributed by atoms with E-state index in [0.717, 1.165) is 5.56 Å². The van der Waals surface area contributed by atoms with Gasteiger partial charge >= 0.3 is 0 Å². The molecule has 0 radical (unpaired) electrons. The molecule has 18 heavy (non-hydrogen) atoms. The fraction of sp³-hybridized carbons (Fsp3) is 0.429. The zero-order valence-corrected chi connectivity index (χ0v) is 11.5. The summed E-state index contributed by atoms with van der Waals surface area (Å²) >= 11 is 0. The number of amides is 2. The van der Waals surface area contributed by atoms with E-state index < -0.39 is 0 Å². The summed E-state index contributed by atoms with van der Waals surface area (Å²) in [6.45, 7) is 6.31. The molecule has 0 aliphatic heterocycles. The Morgan fingerprint density at radius 3 is 2.11 bits per heavy atom. The molecule has 4 heteroatoms. The van der Waals surface area contributed by atoms with Crippen LogP contribution in [-0.2, 0) is 11.3 Å². The number of benzene rings is 1. The Bertz CT molecular complexity index is 372. The molecule has 0 bridgehead atoms. The van der Waals surface area contributed by atoms with Crippen molar-refractivity contribution in [2.24, 2.45) is 0 Å². The first kappa shape index (κ1) is 16.2. The third-order valence-corrected chi connectivity index (χ3v) is 2.25. The van der Waals surface area contributed by atoms with Gasteiger partial charge in [0.05, 0.1) is 0 Å². The van der Waals surface area contributed by atoms with Gasteiger partial charge in [-0.25, -0.2) is 0 Å². The molecule has 100 valence electrons. The van der Waals surface area contributed by atoms with E-state index in [1.165, 1.54) is 0 Å². The van der Waals surface area contributed by atoms with Gasteiger partial charge in [-0.05, 0) is 17.7 Å². The maximum atomic E-state index is 11.3. The molecule has 0 atom stereocenters. The number of carbonyl (C=O) groups excluding carboxylic acids is 2. The maximum absolute atomic E-state index is 11.3. The molecule has 0 heterocycles. The van der Waals surface area contributed by atoms with Gasteiger partial charge in [0.2, 0.25) is 5.91 Å². The van der Waals surface area contributed by atoms with Crippen molar-refractivity contribution in [2.45, 2.75) is 33.7 Å². The fourth-order valence-electron chi connectivity index (χ4n) is 1.24. The van der Waals surface area contributed by atoms with E-state index in [-0.39, 0.29) is 11.8 Å². The molecule has 0 unspecified atom stereocenters. The molecule has 0 aliphatic rings. The molecule has 0 saturated heterocycles. The van der Waals surface area contributed by atoms with Crippen LogP contribution in [0.4, 0.5) is 0 Å². The van der Waals surface area contributed by atoms with Crippen molar-refractivity contribution >= 4 is 11.8 Å². The lowest BCUT2D eigenvalue weighted by molar-refractivity contribution is -0.120. The topological polar surface area (TPSA) is 58.2 Å². The highest BCUT2D eigenvalue weighted by Crippen LogP contribution is 2.04. The van der Waals surface area contributed by atoms with Crippen LogP contribution in [0.15, 0.2) is 24.3 Å². The molecule has 0 saturated carbocycles. The van der Waals surface area contributed by atoms with Crippen LogP contribution in [-0.4, -0.2) is 18.9 Å². The summed E-state index contributed by atoms with van der Waals surface area (Å²) in [7, 11) is 1.59. The average Bonchev–Trinajstić information content (AvgIpc) is 2.46. The molecule has 0 fully saturated rings. The highest BCUT2D eigenvalue weighted by Gasteiger charge is 2.02. The van der Waals surface area contributed by atoms with Crippen LogP contribution < -0.4 is 10.6 Å². The lowest BCUT2D eigenvalue weighted by atomic mass is 10.1. The van der Waals surface area contributed by atoms with Crippen LogP contribution in [0.1, 0.15) is 43.1 Å². The quantitative estimate of drug-likeness (QED) is 0.859. The summed E-state index contributed by atoms with van der Waals surface area (Å²) in [6.07, 6.45) is 0.482. The van der Waals surface area contributed by atoms with Gasteiger partial charge < -0.3 is 10.6 Å². The van der Waals surface area contributed by atoms with Crippen LogP contribution in [0.2, 0.25) is 0 Å². The largest absolute Gasteiger partial charge is 0.355 e. The second-order valence-electron chi connectivity index (χ2n) is 3.41. The summed E-state index contributed by atoms with van der Waals surface area (Å²) in [5, 5.41) is 5.32. The van der Waals surface area contributed by atoms with Crippen molar-refractivity contribution in [3.05, 3.63) is 35.4 Å². The Balaban J connectivity index is 0.00000137. The summed E-state index contributed by atoms with van der Waals surface area (Å²) in [5.41, 5.74) is 1.60. The van der Waals surface area contributed by atoms with Crippen molar-refractivity contribution in [3.63, 3.8) is 0 Å². The van der Waals surface area contributed by atoms with E-state index in [4.69, 9.17) is 0 Å². The van der Waals surface area contributed by atoms with E-state index >= 15 is 0 Å². The Labute approximate surface area is 109 Å². The summed E-state index contributed by atoms with van der Waals surface area (Å²) in [4.78, 5) is 22.3. The smallest absolute Gasteiger partial charge is 0.251 e. The van der Waals surface area contributed by atoms with Crippen molar-refractivity contribution in [1.82, 2.24) is 10.6 Å². The van der Waals surface area contributed by atoms with E-state index in [1.807, 2.05) is 32.9 Å². The minimum Gasteiger partial charge on any atom is -0.355 e. The van der Waals surface area contributed by atoms with Gasteiger partial charge in [0.25, 0.3) is 5.91 Å². The number of carbonyl (C=O) groups is 2. The minimum atomic E-state index is -0.107. The monoisotopic (exact) mass is 250 g/mol.